The van der Waals surface area contributed by atoms with Crippen molar-refractivity contribution in [2.75, 3.05) is 5.32 Å². The van der Waals surface area contributed by atoms with E-state index in [2.05, 4.69) is 86.9 Å². The first-order valence-electron chi connectivity index (χ1n) is 10.8. The third kappa shape index (κ3) is 4.07. The number of fused-ring (bicyclic) bond motifs is 3. The summed E-state index contributed by atoms with van der Waals surface area (Å²) in [6.45, 7) is 0.613. The van der Waals surface area contributed by atoms with Crippen molar-refractivity contribution in [3.63, 3.8) is 0 Å². The standard InChI is InChI=1S/C25H22N6OS/c1-2-4-16(5-3-1)15-32-19-9-7-18(8-10-19)26-25-21-12-13-33-23(21)20-11-6-17(14-22(20)27-25)24-28-30-31-29-24/h1-9,11-14,19,30-31H,10,15H2,(H,26,27)(H,28,29). The minimum atomic E-state index is 0.0750. The summed E-state index contributed by atoms with van der Waals surface area (Å²) in [5.74, 6) is 1.59. The van der Waals surface area contributed by atoms with Crippen LogP contribution in [0.25, 0.3) is 21.0 Å². The number of rotatable bonds is 6. The van der Waals surface area contributed by atoms with Crippen LogP contribution in [0.3, 0.4) is 0 Å². The molecule has 4 N–H and O–H groups in total. The van der Waals surface area contributed by atoms with Gasteiger partial charge in [-0.15, -0.1) is 22.0 Å². The van der Waals surface area contributed by atoms with Gasteiger partial charge >= 0.3 is 0 Å². The number of pyridine rings is 1. The highest BCUT2D eigenvalue weighted by Gasteiger charge is 2.15. The third-order valence-electron chi connectivity index (χ3n) is 5.70. The zero-order valence-electron chi connectivity index (χ0n) is 17.7. The predicted octanol–water partition coefficient (Wildman–Crippen LogP) is 4.56. The fraction of sp³-hybridized carbons (Fsp3) is 0.120. The van der Waals surface area contributed by atoms with Gasteiger partial charge in [0.15, 0.2) is 5.84 Å². The molecule has 0 radical (unpaired) electrons. The van der Waals surface area contributed by atoms with Gasteiger partial charge in [0, 0.05) is 26.7 Å². The van der Waals surface area contributed by atoms with Gasteiger partial charge in [0.1, 0.15) is 5.82 Å². The Morgan fingerprint density at radius 2 is 2.03 bits per heavy atom. The van der Waals surface area contributed by atoms with Gasteiger partial charge in [0.25, 0.3) is 0 Å². The number of benzene rings is 2. The summed E-state index contributed by atoms with van der Waals surface area (Å²) >= 11 is 1.73. The van der Waals surface area contributed by atoms with Gasteiger partial charge in [-0.25, -0.2) is 10.5 Å². The molecule has 7 nitrogen and oxygen atoms in total. The number of nitrogens with one attached hydrogen (secondary N) is 4. The highest BCUT2D eigenvalue weighted by Crippen LogP contribution is 2.34. The second-order valence-electron chi connectivity index (χ2n) is 7.89. The summed E-state index contributed by atoms with van der Waals surface area (Å²) < 4.78 is 7.26. The van der Waals surface area contributed by atoms with Crippen molar-refractivity contribution in [3.05, 3.63) is 95.0 Å². The van der Waals surface area contributed by atoms with Crippen LogP contribution in [0.5, 0.6) is 0 Å². The average Bonchev–Trinajstić information content (AvgIpc) is 3.57. The van der Waals surface area contributed by atoms with Gasteiger partial charge in [-0.1, -0.05) is 54.6 Å². The van der Waals surface area contributed by atoms with Gasteiger partial charge in [0.2, 0.25) is 0 Å². The molecule has 0 bridgehead atoms. The van der Waals surface area contributed by atoms with Crippen LogP contribution in [0.1, 0.15) is 17.5 Å². The molecule has 1 aliphatic heterocycles. The van der Waals surface area contributed by atoms with Crippen LogP contribution in [0.15, 0.2) is 89.0 Å². The first-order valence-corrected chi connectivity index (χ1v) is 11.7. The maximum absolute atomic E-state index is 6.04. The molecule has 0 saturated heterocycles. The van der Waals surface area contributed by atoms with Crippen molar-refractivity contribution < 1.29 is 4.74 Å². The van der Waals surface area contributed by atoms with Gasteiger partial charge in [0.05, 0.1) is 18.2 Å². The molecule has 1 atom stereocenters. The molecule has 2 aliphatic rings. The predicted molar refractivity (Wildman–Crippen MR) is 134 cm³/mol. The molecule has 0 spiro atoms. The molecular weight excluding hydrogens is 432 g/mol. The number of hydrogen-bond acceptors (Lipinski definition) is 8. The number of hydrazine groups is 2. The van der Waals surface area contributed by atoms with Crippen LogP contribution in [-0.4, -0.2) is 16.9 Å². The summed E-state index contributed by atoms with van der Waals surface area (Å²) in [7, 11) is 0. The Morgan fingerprint density at radius 3 is 2.85 bits per heavy atom. The molecule has 0 saturated carbocycles. The van der Waals surface area contributed by atoms with Crippen LogP contribution >= 0.6 is 11.3 Å². The normalized spacial score (nSPS) is 17.5. The lowest BCUT2D eigenvalue weighted by Gasteiger charge is -2.18. The second-order valence-corrected chi connectivity index (χ2v) is 8.81. The maximum atomic E-state index is 6.04. The van der Waals surface area contributed by atoms with Gasteiger partial charge < -0.3 is 10.1 Å². The fourth-order valence-electron chi connectivity index (χ4n) is 4.01. The summed E-state index contributed by atoms with van der Waals surface area (Å²) in [5, 5.41) is 12.1. The van der Waals surface area contributed by atoms with Crippen molar-refractivity contribution in [2.45, 2.75) is 19.1 Å². The molecule has 1 unspecified atom stereocenters. The Balaban J connectivity index is 1.22. The number of nitrogens with zero attached hydrogens (tertiary/aromatic N) is 2. The van der Waals surface area contributed by atoms with Crippen LogP contribution in [-0.2, 0) is 11.3 Å². The van der Waals surface area contributed by atoms with Crippen molar-refractivity contribution in [1.82, 2.24) is 21.5 Å². The Kier molecular flexibility index (Phi) is 5.23. The van der Waals surface area contributed by atoms with E-state index < -0.39 is 0 Å². The van der Waals surface area contributed by atoms with Crippen molar-refractivity contribution >= 4 is 44.0 Å². The SMILES string of the molecule is C1=CC(OCc2ccccc2)CC=C1Nc1nc2cc(C3=NNNN3)ccc2c2sccc12. The summed E-state index contributed by atoms with van der Waals surface area (Å²) in [6, 6.07) is 18.6. The minimum Gasteiger partial charge on any atom is -0.369 e. The maximum Gasteiger partial charge on any atom is 0.170 e. The molecule has 0 amide bonds. The molecule has 8 heteroatoms. The first-order chi connectivity index (χ1) is 16.3. The van der Waals surface area contributed by atoms with Gasteiger partial charge in [-0.2, -0.15) is 0 Å². The van der Waals surface area contributed by atoms with Crippen LogP contribution in [0, 0.1) is 0 Å². The molecule has 33 heavy (non-hydrogen) atoms. The number of allylic oxidation sites excluding steroid dienone is 1. The zero-order chi connectivity index (χ0) is 22.0. The van der Waals surface area contributed by atoms with Crippen molar-refractivity contribution in [1.29, 1.82) is 0 Å². The smallest absolute Gasteiger partial charge is 0.170 e. The van der Waals surface area contributed by atoms with Crippen LogP contribution in [0.4, 0.5) is 5.82 Å². The van der Waals surface area contributed by atoms with Crippen LogP contribution < -0.4 is 21.8 Å². The molecule has 3 heterocycles. The summed E-state index contributed by atoms with van der Waals surface area (Å²) in [6.07, 6.45) is 7.26. The number of ether oxygens (including phenoxy) is 1. The molecule has 4 aromatic rings. The van der Waals surface area contributed by atoms with E-state index in [1.807, 2.05) is 18.2 Å². The number of thiophene rings is 1. The molecule has 1 aliphatic carbocycles. The Morgan fingerprint density at radius 1 is 1.09 bits per heavy atom. The van der Waals surface area contributed by atoms with E-state index in [0.29, 0.717) is 6.61 Å². The Bertz CT molecular complexity index is 1410. The van der Waals surface area contributed by atoms with E-state index >= 15 is 0 Å². The number of aromatic nitrogens is 1. The number of hydrogen-bond donors (Lipinski definition) is 4. The average molecular weight is 455 g/mol. The number of anilines is 1. The minimum absolute atomic E-state index is 0.0750. The highest BCUT2D eigenvalue weighted by atomic mass is 32.1. The van der Waals surface area contributed by atoms with Gasteiger partial charge in [-0.05, 0) is 35.6 Å². The van der Waals surface area contributed by atoms with E-state index in [1.165, 1.54) is 10.3 Å². The monoisotopic (exact) mass is 454 g/mol. The van der Waals surface area contributed by atoms with Gasteiger partial charge in [-0.3, -0.25) is 5.43 Å². The molecule has 2 aromatic carbocycles. The van der Waals surface area contributed by atoms with E-state index in [-0.39, 0.29) is 6.10 Å². The molecular formula is C25H22N6OS. The molecule has 164 valence electrons. The topological polar surface area (TPSA) is 82.6 Å². The molecule has 2 aromatic heterocycles. The quantitative estimate of drug-likeness (QED) is 0.342. The zero-order valence-corrected chi connectivity index (χ0v) is 18.5. The third-order valence-corrected chi connectivity index (χ3v) is 6.65. The van der Waals surface area contributed by atoms with E-state index in [9.17, 15) is 0 Å². The van der Waals surface area contributed by atoms with E-state index in [0.717, 1.165) is 45.6 Å². The van der Waals surface area contributed by atoms with Crippen molar-refractivity contribution in [2.24, 2.45) is 5.10 Å². The largest absolute Gasteiger partial charge is 0.369 e. The molecule has 0 fully saturated rings. The highest BCUT2D eigenvalue weighted by molar-refractivity contribution is 7.18. The summed E-state index contributed by atoms with van der Waals surface area (Å²) in [5.41, 5.74) is 12.6. The first kappa shape index (κ1) is 19.9. The number of amidine groups is 1. The number of hydrazone groups is 1. The fourth-order valence-corrected chi connectivity index (χ4v) is 4.94. The Labute approximate surface area is 194 Å². The molecule has 6 rings (SSSR count). The second kappa shape index (κ2) is 8.67. The summed E-state index contributed by atoms with van der Waals surface area (Å²) in [4.78, 5) is 4.96. The lowest BCUT2D eigenvalue weighted by atomic mass is 10.1. The van der Waals surface area contributed by atoms with Crippen LogP contribution in [0.2, 0.25) is 0 Å². The van der Waals surface area contributed by atoms with Crippen molar-refractivity contribution in [3.8, 4) is 0 Å². The van der Waals surface area contributed by atoms with E-state index in [1.54, 1.807) is 11.3 Å². The lowest BCUT2D eigenvalue weighted by molar-refractivity contribution is 0.0731. The lowest BCUT2D eigenvalue weighted by Crippen LogP contribution is -2.35. The Hall–Kier alpha value is -3.72. The van der Waals surface area contributed by atoms with E-state index in [4.69, 9.17) is 9.72 Å².